The summed E-state index contributed by atoms with van der Waals surface area (Å²) in [4.78, 5) is 16.1. The van der Waals surface area contributed by atoms with Gasteiger partial charge in [0.05, 0.1) is 28.8 Å². The molecule has 0 saturated heterocycles. The summed E-state index contributed by atoms with van der Waals surface area (Å²) in [5, 5.41) is 9.88. The van der Waals surface area contributed by atoms with E-state index in [1.807, 2.05) is 0 Å². The number of imidazole rings is 1. The Hall–Kier alpha value is -3.45. The number of hydrogen-bond acceptors (Lipinski definition) is 3. The van der Waals surface area contributed by atoms with E-state index in [4.69, 9.17) is 16.3 Å². The maximum atomic E-state index is 14.2. The zero-order valence-electron chi connectivity index (χ0n) is 18.8. The Balaban J connectivity index is 1.62. The zero-order valence-corrected chi connectivity index (χ0v) is 19.6. The molecule has 3 aromatic carbocycles. The van der Waals surface area contributed by atoms with E-state index in [1.165, 1.54) is 18.9 Å². The number of ether oxygens (including phenoxy) is 1. The van der Waals surface area contributed by atoms with Crippen molar-refractivity contribution in [3.05, 3.63) is 82.4 Å². The average Bonchev–Trinajstić information content (AvgIpc) is 3.47. The smallest absolute Gasteiger partial charge is 0.335 e. The minimum Gasteiger partial charge on any atom is -0.492 e. The highest BCUT2D eigenvalue weighted by molar-refractivity contribution is 6.30. The van der Waals surface area contributed by atoms with Gasteiger partial charge in [0.1, 0.15) is 11.6 Å². The molecule has 0 spiro atoms. The predicted molar refractivity (Wildman–Crippen MR) is 130 cm³/mol. The number of nitrogens with zero attached hydrogens (tertiary/aromatic N) is 2. The van der Waals surface area contributed by atoms with Gasteiger partial charge in [0.15, 0.2) is 11.6 Å². The molecule has 5 nitrogen and oxygen atoms in total. The van der Waals surface area contributed by atoms with Crippen molar-refractivity contribution in [3.8, 4) is 17.1 Å². The van der Waals surface area contributed by atoms with E-state index in [0.717, 1.165) is 25.0 Å². The summed E-state index contributed by atoms with van der Waals surface area (Å²) in [7, 11) is 0. The molecule has 0 atom stereocenters. The van der Waals surface area contributed by atoms with Crippen molar-refractivity contribution in [1.29, 1.82) is 0 Å². The van der Waals surface area contributed by atoms with Gasteiger partial charge in [0.25, 0.3) is 0 Å². The Bertz CT molecular complexity index is 1410. The molecule has 0 aliphatic heterocycles. The van der Waals surface area contributed by atoms with Gasteiger partial charge in [0, 0.05) is 23.7 Å². The summed E-state index contributed by atoms with van der Waals surface area (Å²) in [6.07, 6.45) is 4.62. The number of carboxylic acid groups (broad SMARTS) is 1. The van der Waals surface area contributed by atoms with E-state index in [2.05, 4.69) is 4.98 Å². The highest BCUT2D eigenvalue weighted by Gasteiger charge is 2.21. The average molecular weight is 497 g/mol. The fourth-order valence-electron chi connectivity index (χ4n) is 4.66. The molecule has 4 aromatic rings. The van der Waals surface area contributed by atoms with Gasteiger partial charge in [-0.1, -0.05) is 36.6 Å². The quantitative estimate of drug-likeness (QED) is 0.300. The third-order valence-corrected chi connectivity index (χ3v) is 6.67. The van der Waals surface area contributed by atoms with Gasteiger partial charge in [-0.25, -0.2) is 18.6 Å². The summed E-state index contributed by atoms with van der Waals surface area (Å²) in [6.45, 7) is 0.750. The first-order valence-corrected chi connectivity index (χ1v) is 11.9. The van der Waals surface area contributed by atoms with Crippen LogP contribution in [-0.2, 0) is 6.54 Å². The van der Waals surface area contributed by atoms with Gasteiger partial charge in [-0.05, 0) is 54.7 Å². The summed E-state index contributed by atoms with van der Waals surface area (Å²) >= 11 is 6.27. The lowest BCUT2D eigenvalue weighted by molar-refractivity contribution is 0.0696. The molecule has 0 unspecified atom stereocenters. The monoisotopic (exact) mass is 496 g/mol. The summed E-state index contributed by atoms with van der Waals surface area (Å²) < 4.78 is 36.2. The molecule has 0 radical (unpaired) electrons. The predicted octanol–water partition coefficient (Wildman–Crippen LogP) is 6.95. The Morgan fingerprint density at radius 3 is 2.63 bits per heavy atom. The maximum absolute atomic E-state index is 14.2. The molecule has 5 rings (SSSR count). The zero-order chi connectivity index (χ0) is 24.5. The fraction of sp³-hybridized carbons (Fsp3) is 0.259. The molecule has 8 heteroatoms. The van der Waals surface area contributed by atoms with Gasteiger partial charge < -0.3 is 14.4 Å². The Kier molecular flexibility index (Phi) is 6.43. The minimum absolute atomic E-state index is 0.137. The standard InChI is InChI=1S/C27H23ClF2N2O3/c28-19-8-9-20(25(11-19)35-15-16-4-1-2-5-16)26-31-23-12-21(29)22(30)13-24(23)32(26)14-17-6-3-7-18(10-17)27(33)34/h3,6-13,16H,1-2,4-5,14-15H2,(H,33,34). The molecular formula is C27H23ClF2N2O3. The Labute approximate surface area is 205 Å². The van der Waals surface area contributed by atoms with Crippen LogP contribution in [0.5, 0.6) is 5.75 Å². The Morgan fingerprint density at radius 1 is 1.09 bits per heavy atom. The molecule has 1 saturated carbocycles. The molecule has 0 bridgehead atoms. The number of hydrogen-bond donors (Lipinski definition) is 1. The van der Waals surface area contributed by atoms with Crippen molar-refractivity contribution in [2.24, 2.45) is 5.92 Å². The molecule has 1 heterocycles. The van der Waals surface area contributed by atoms with Gasteiger partial charge in [0.2, 0.25) is 0 Å². The van der Waals surface area contributed by atoms with Crippen LogP contribution in [0.2, 0.25) is 5.02 Å². The van der Waals surface area contributed by atoms with Crippen molar-refractivity contribution in [2.45, 2.75) is 32.2 Å². The first-order valence-electron chi connectivity index (χ1n) is 11.5. The third-order valence-electron chi connectivity index (χ3n) is 6.44. The highest BCUT2D eigenvalue weighted by Crippen LogP contribution is 2.36. The van der Waals surface area contributed by atoms with E-state index < -0.39 is 17.6 Å². The maximum Gasteiger partial charge on any atom is 0.335 e. The summed E-state index contributed by atoms with van der Waals surface area (Å²) in [5.41, 5.74) is 2.12. The SMILES string of the molecule is O=C(O)c1cccc(Cn2c(-c3ccc(Cl)cc3OCC3CCCC3)nc3cc(F)c(F)cc32)c1. The lowest BCUT2D eigenvalue weighted by Crippen LogP contribution is -2.10. The fourth-order valence-corrected chi connectivity index (χ4v) is 4.82. The topological polar surface area (TPSA) is 64.3 Å². The normalized spacial score (nSPS) is 14.0. The molecule has 180 valence electrons. The van der Waals surface area contributed by atoms with Crippen molar-refractivity contribution in [3.63, 3.8) is 0 Å². The largest absolute Gasteiger partial charge is 0.492 e. The van der Waals surface area contributed by atoms with Crippen molar-refractivity contribution in [2.75, 3.05) is 6.61 Å². The van der Waals surface area contributed by atoms with E-state index in [9.17, 15) is 18.7 Å². The second kappa shape index (κ2) is 9.66. The molecule has 1 N–H and O–H groups in total. The Morgan fingerprint density at radius 2 is 1.86 bits per heavy atom. The third kappa shape index (κ3) is 4.86. The van der Waals surface area contributed by atoms with Gasteiger partial charge in [-0.2, -0.15) is 0 Å². The number of fused-ring (bicyclic) bond motifs is 1. The van der Waals surface area contributed by atoms with Crippen LogP contribution in [0.15, 0.2) is 54.6 Å². The second-order valence-electron chi connectivity index (χ2n) is 8.88. The summed E-state index contributed by atoms with van der Waals surface area (Å²) in [5.74, 6) is -1.56. The second-order valence-corrected chi connectivity index (χ2v) is 9.32. The lowest BCUT2D eigenvalue weighted by atomic mass is 10.1. The van der Waals surface area contributed by atoms with Crippen LogP contribution in [-0.4, -0.2) is 27.2 Å². The molecule has 35 heavy (non-hydrogen) atoms. The lowest BCUT2D eigenvalue weighted by Gasteiger charge is -2.16. The first-order chi connectivity index (χ1) is 16.9. The van der Waals surface area contributed by atoms with E-state index in [-0.39, 0.29) is 17.6 Å². The van der Waals surface area contributed by atoms with Crippen LogP contribution in [0, 0.1) is 17.6 Å². The van der Waals surface area contributed by atoms with Crippen LogP contribution >= 0.6 is 11.6 Å². The van der Waals surface area contributed by atoms with E-state index >= 15 is 0 Å². The number of carboxylic acids is 1. The van der Waals surface area contributed by atoms with Gasteiger partial charge in [-0.3, -0.25) is 0 Å². The van der Waals surface area contributed by atoms with Gasteiger partial charge in [-0.15, -0.1) is 0 Å². The number of halogens is 3. The van der Waals surface area contributed by atoms with E-state index in [1.54, 1.807) is 41.0 Å². The molecule has 0 amide bonds. The number of rotatable bonds is 7. The number of carbonyl (C=O) groups is 1. The van der Waals surface area contributed by atoms with Crippen LogP contribution in [0.1, 0.15) is 41.6 Å². The number of benzene rings is 3. The molecule has 1 aliphatic rings. The van der Waals surface area contributed by atoms with Crippen molar-refractivity contribution in [1.82, 2.24) is 9.55 Å². The van der Waals surface area contributed by atoms with Crippen molar-refractivity contribution >= 4 is 28.6 Å². The van der Waals surface area contributed by atoms with E-state index in [0.29, 0.717) is 45.8 Å². The summed E-state index contributed by atoms with van der Waals surface area (Å²) in [6, 6.07) is 13.9. The number of aromatic carboxylic acids is 1. The van der Waals surface area contributed by atoms with Gasteiger partial charge >= 0.3 is 5.97 Å². The van der Waals surface area contributed by atoms with Crippen LogP contribution in [0.25, 0.3) is 22.4 Å². The van der Waals surface area contributed by atoms with Crippen molar-refractivity contribution < 1.29 is 23.4 Å². The van der Waals surface area contributed by atoms with Crippen LogP contribution in [0.3, 0.4) is 0 Å². The first kappa shape index (κ1) is 23.3. The highest BCUT2D eigenvalue weighted by atomic mass is 35.5. The van der Waals surface area contributed by atoms with Crippen LogP contribution < -0.4 is 4.74 Å². The molecule has 1 aromatic heterocycles. The minimum atomic E-state index is -1.05. The number of aromatic nitrogens is 2. The molecule has 1 fully saturated rings. The molecule has 1 aliphatic carbocycles. The van der Waals surface area contributed by atoms with Crippen LogP contribution in [0.4, 0.5) is 8.78 Å². The molecular weight excluding hydrogens is 474 g/mol.